The van der Waals surface area contributed by atoms with Crippen LogP contribution in [0.5, 0.6) is 0 Å². The molecule has 0 saturated carbocycles. The van der Waals surface area contributed by atoms with Gasteiger partial charge in [0.2, 0.25) is 0 Å². The lowest BCUT2D eigenvalue weighted by atomic mass is 10.1. The first kappa shape index (κ1) is 18.9. The van der Waals surface area contributed by atoms with Crippen molar-refractivity contribution in [1.29, 1.82) is 0 Å². The molecule has 0 aliphatic carbocycles. The molecule has 22 heavy (non-hydrogen) atoms. The molecule has 0 radical (unpaired) electrons. The lowest BCUT2D eigenvalue weighted by molar-refractivity contribution is 0.0294. The van der Waals surface area contributed by atoms with E-state index >= 15 is 0 Å². The number of hydrogen-bond donors (Lipinski definition) is 0. The summed E-state index contributed by atoms with van der Waals surface area (Å²) in [6.07, 6.45) is -8.60. The average Bonchev–Trinajstić information content (AvgIpc) is 2.51. The molecule has 0 fully saturated rings. The van der Waals surface area contributed by atoms with Crippen molar-refractivity contribution in [2.75, 3.05) is 6.67 Å². The van der Waals surface area contributed by atoms with Gasteiger partial charge in [-0.3, -0.25) is 0 Å². The molecule has 0 aliphatic rings. The fraction of sp³-hybridized carbons (Fsp3) is 0.500. The highest BCUT2D eigenvalue weighted by molar-refractivity contribution is 6.90. The Morgan fingerprint density at radius 1 is 1.05 bits per heavy atom. The topological polar surface area (TPSA) is 0 Å². The van der Waals surface area contributed by atoms with Crippen LogP contribution in [0, 0.1) is 0 Å². The van der Waals surface area contributed by atoms with Gasteiger partial charge in [-0.25, -0.2) is 22.0 Å². The molecule has 0 nitrogen and oxygen atoms in total. The third-order valence-electron chi connectivity index (χ3n) is 3.76. The third kappa shape index (κ3) is 4.41. The number of benzene rings is 1. The minimum atomic E-state index is -2.78. The normalized spacial score (nSPS) is 17.6. The maximum Gasteiger partial charge on any atom is 0.168 e. The van der Waals surface area contributed by atoms with Gasteiger partial charge in [0.05, 0.1) is 8.07 Å². The molecule has 1 aromatic carbocycles. The van der Waals surface area contributed by atoms with E-state index in [1.807, 2.05) is 31.3 Å². The average molecular weight is 336 g/mol. The van der Waals surface area contributed by atoms with Crippen LogP contribution in [0.1, 0.15) is 5.56 Å². The van der Waals surface area contributed by atoms with E-state index < -0.39 is 39.4 Å². The Bertz CT molecular complexity index is 491. The summed E-state index contributed by atoms with van der Waals surface area (Å²) in [5.74, 6) is 0. The lowest BCUT2D eigenvalue weighted by Gasteiger charge is -2.29. The van der Waals surface area contributed by atoms with Gasteiger partial charge in [-0.05, 0) is 11.6 Å². The van der Waals surface area contributed by atoms with Crippen molar-refractivity contribution in [2.45, 2.75) is 43.8 Å². The van der Waals surface area contributed by atoms with Crippen molar-refractivity contribution < 1.29 is 22.0 Å². The van der Waals surface area contributed by atoms with Crippen LogP contribution in [0.3, 0.4) is 0 Å². The molecule has 1 aromatic rings. The SMILES string of the molecule is C=Cc1ccccc1[Si](C)(C)CC(F)C(F)C(F)C(F)CF. The molecule has 1 rings (SSSR count). The molecule has 0 aromatic heterocycles. The predicted octanol–water partition coefficient (Wildman–Crippen LogP) is 4.57. The Hall–Kier alpha value is -1.17. The first-order valence-corrected chi connectivity index (χ1v) is 10.3. The Kier molecular flexibility index (Phi) is 6.78. The molecule has 0 aliphatic heterocycles. The summed E-state index contributed by atoms with van der Waals surface area (Å²) >= 11 is 0. The summed E-state index contributed by atoms with van der Waals surface area (Å²) in [7, 11) is -2.43. The van der Waals surface area contributed by atoms with Crippen LogP contribution in [0.15, 0.2) is 30.8 Å². The molecular weight excluding hydrogens is 315 g/mol. The zero-order valence-electron chi connectivity index (χ0n) is 12.7. The van der Waals surface area contributed by atoms with E-state index in [0.29, 0.717) is 0 Å². The second-order valence-corrected chi connectivity index (χ2v) is 10.7. The molecule has 0 bridgehead atoms. The minimum absolute atomic E-state index is 0.210. The number of alkyl halides is 5. The van der Waals surface area contributed by atoms with Gasteiger partial charge in [0.1, 0.15) is 12.8 Å². The van der Waals surface area contributed by atoms with Crippen molar-refractivity contribution in [3.63, 3.8) is 0 Å². The molecule has 0 N–H and O–H groups in total. The van der Waals surface area contributed by atoms with Crippen LogP contribution in [-0.4, -0.2) is 39.4 Å². The molecule has 4 atom stereocenters. The van der Waals surface area contributed by atoms with Crippen LogP contribution in [0.4, 0.5) is 22.0 Å². The van der Waals surface area contributed by atoms with E-state index in [2.05, 4.69) is 6.58 Å². The first-order valence-electron chi connectivity index (χ1n) is 7.08. The summed E-state index contributed by atoms with van der Waals surface area (Å²) in [6, 6.07) is 7.02. The molecule has 0 heterocycles. The maximum atomic E-state index is 14.1. The Morgan fingerprint density at radius 2 is 1.59 bits per heavy atom. The van der Waals surface area contributed by atoms with Gasteiger partial charge in [0.15, 0.2) is 18.5 Å². The Balaban J connectivity index is 2.89. The van der Waals surface area contributed by atoms with Gasteiger partial charge in [-0.1, -0.05) is 55.2 Å². The fourth-order valence-electron chi connectivity index (χ4n) is 2.49. The summed E-state index contributed by atoms with van der Waals surface area (Å²) in [4.78, 5) is 0. The monoisotopic (exact) mass is 336 g/mol. The van der Waals surface area contributed by atoms with Gasteiger partial charge in [0, 0.05) is 0 Å². The maximum absolute atomic E-state index is 14.1. The molecular formula is C16H21F5Si. The van der Waals surface area contributed by atoms with E-state index in [-0.39, 0.29) is 6.04 Å². The smallest absolute Gasteiger partial charge is 0.168 e. The second-order valence-electron chi connectivity index (χ2n) is 5.95. The van der Waals surface area contributed by atoms with Gasteiger partial charge in [-0.2, -0.15) is 0 Å². The highest BCUT2D eigenvalue weighted by atomic mass is 28.3. The van der Waals surface area contributed by atoms with E-state index in [9.17, 15) is 22.0 Å². The molecule has 124 valence electrons. The largest absolute Gasteiger partial charge is 0.248 e. The molecule has 4 unspecified atom stereocenters. The number of rotatable bonds is 8. The molecule has 0 spiro atoms. The van der Waals surface area contributed by atoms with Gasteiger partial charge in [0.25, 0.3) is 0 Å². The summed E-state index contributed by atoms with van der Waals surface area (Å²) < 4.78 is 66.0. The summed E-state index contributed by atoms with van der Waals surface area (Å²) in [5, 5.41) is 0.873. The quantitative estimate of drug-likeness (QED) is 0.482. The van der Waals surface area contributed by atoms with Crippen LogP contribution >= 0.6 is 0 Å². The fourth-order valence-corrected chi connectivity index (χ4v) is 5.42. The van der Waals surface area contributed by atoms with Crippen LogP contribution in [0.25, 0.3) is 6.08 Å². The van der Waals surface area contributed by atoms with Crippen molar-refractivity contribution in [3.8, 4) is 0 Å². The number of hydrogen-bond acceptors (Lipinski definition) is 0. The Labute approximate surface area is 129 Å². The van der Waals surface area contributed by atoms with E-state index in [1.165, 1.54) is 0 Å². The molecule has 6 heteroatoms. The van der Waals surface area contributed by atoms with Crippen LogP contribution in [-0.2, 0) is 0 Å². The first-order chi connectivity index (χ1) is 10.2. The van der Waals surface area contributed by atoms with E-state index in [1.54, 1.807) is 12.1 Å². The predicted molar refractivity (Wildman–Crippen MR) is 84.0 cm³/mol. The third-order valence-corrected chi connectivity index (χ3v) is 7.08. The lowest BCUT2D eigenvalue weighted by Crippen LogP contribution is -2.48. The van der Waals surface area contributed by atoms with Crippen molar-refractivity contribution >= 4 is 19.3 Å². The van der Waals surface area contributed by atoms with Crippen molar-refractivity contribution in [2.24, 2.45) is 0 Å². The van der Waals surface area contributed by atoms with Gasteiger partial charge >= 0.3 is 0 Å². The van der Waals surface area contributed by atoms with E-state index in [4.69, 9.17) is 0 Å². The molecule has 0 amide bonds. The second kappa shape index (κ2) is 7.90. The molecule has 0 saturated heterocycles. The Morgan fingerprint density at radius 3 is 2.14 bits per heavy atom. The summed E-state index contributed by atoms with van der Waals surface area (Å²) in [5.41, 5.74) is 0.825. The highest BCUT2D eigenvalue weighted by Gasteiger charge is 2.40. The van der Waals surface area contributed by atoms with E-state index in [0.717, 1.165) is 10.8 Å². The van der Waals surface area contributed by atoms with Crippen LogP contribution < -0.4 is 5.19 Å². The van der Waals surface area contributed by atoms with Crippen molar-refractivity contribution in [1.82, 2.24) is 0 Å². The number of halogens is 5. The zero-order valence-corrected chi connectivity index (χ0v) is 13.7. The standard InChI is InChI=1S/C16H21F5Si/c1-4-11-7-5-6-8-14(11)22(2,3)10-13(19)16(21)15(20)12(18)9-17/h4-8,12-13,15-16H,1,9-10H2,2-3H3. The van der Waals surface area contributed by atoms with Gasteiger partial charge < -0.3 is 0 Å². The van der Waals surface area contributed by atoms with Crippen molar-refractivity contribution in [3.05, 3.63) is 36.4 Å². The minimum Gasteiger partial charge on any atom is -0.248 e. The summed E-state index contributed by atoms with van der Waals surface area (Å²) in [6.45, 7) is 5.67. The van der Waals surface area contributed by atoms with Gasteiger partial charge in [-0.15, -0.1) is 0 Å². The highest BCUT2D eigenvalue weighted by Crippen LogP contribution is 2.25. The zero-order chi connectivity index (χ0) is 16.9. The van der Waals surface area contributed by atoms with Crippen LogP contribution in [0.2, 0.25) is 19.1 Å².